The molecule has 0 saturated heterocycles. The fraction of sp³-hybridized carbons (Fsp3) is 0.303. The van der Waals surface area contributed by atoms with Gasteiger partial charge >= 0.3 is 5.97 Å². The molecule has 0 radical (unpaired) electrons. The number of methoxy groups -OCH3 is 1. The number of carbonyl (C=O) groups excluding carboxylic acids is 1. The Labute approximate surface area is 244 Å². The van der Waals surface area contributed by atoms with Crippen molar-refractivity contribution in [2.75, 3.05) is 7.11 Å². The number of fused-ring (bicyclic) bond motifs is 1. The lowest BCUT2D eigenvalue weighted by molar-refractivity contribution is -0.142. The average molecular weight is 561 g/mol. The Morgan fingerprint density at radius 1 is 1.07 bits per heavy atom. The monoisotopic (exact) mass is 560 g/mol. The van der Waals surface area contributed by atoms with E-state index in [9.17, 15) is 10.1 Å². The molecule has 1 aliphatic rings. The van der Waals surface area contributed by atoms with Crippen molar-refractivity contribution in [2.45, 2.75) is 50.6 Å². The quantitative estimate of drug-likeness (QED) is 0.175. The first-order valence-corrected chi connectivity index (χ1v) is 14.3. The van der Waals surface area contributed by atoms with Crippen LogP contribution < -0.4 is 4.74 Å². The molecular formula is C33H32N6O3. The number of ether oxygens (including phenoxy) is 2. The van der Waals surface area contributed by atoms with Crippen molar-refractivity contribution in [3.05, 3.63) is 91.1 Å². The SMILES string of the molecule is COC(=O)C(Cn1ccc2c(-c3cnn([C@H](CC#N)C4CCCC4)c3)ncnc21)c1cccc(Oc2ccccc2)c1. The van der Waals surface area contributed by atoms with Crippen LogP contribution in [-0.2, 0) is 16.1 Å². The Balaban J connectivity index is 1.28. The van der Waals surface area contributed by atoms with Gasteiger partial charge in [-0.2, -0.15) is 10.4 Å². The summed E-state index contributed by atoms with van der Waals surface area (Å²) in [5.74, 6) is 0.897. The van der Waals surface area contributed by atoms with Crippen LogP contribution in [-0.4, -0.2) is 37.4 Å². The molecule has 0 amide bonds. The minimum absolute atomic E-state index is 0.0654. The summed E-state index contributed by atoms with van der Waals surface area (Å²) in [6.45, 7) is 0.326. The Morgan fingerprint density at radius 3 is 2.67 bits per heavy atom. The van der Waals surface area contributed by atoms with Crippen LogP contribution in [0.1, 0.15) is 49.6 Å². The zero-order chi connectivity index (χ0) is 28.9. The number of para-hydroxylation sites is 1. The van der Waals surface area contributed by atoms with Crippen molar-refractivity contribution in [3.63, 3.8) is 0 Å². The maximum absolute atomic E-state index is 13.0. The molecule has 9 heteroatoms. The lowest BCUT2D eigenvalue weighted by Crippen LogP contribution is -2.20. The minimum atomic E-state index is -0.579. The van der Waals surface area contributed by atoms with Crippen molar-refractivity contribution in [2.24, 2.45) is 5.92 Å². The van der Waals surface area contributed by atoms with Gasteiger partial charge in [0.25, 0.3) is 0 Å². The first kappa shape index (κ1) is 27.2. The molecule has 212 valence electrons. The first-order valence-electron chi connectivity index (χ1n) is 14.3. The number of aromatic nitrogens is 5. The molecule has 1 unspecified atom stereocenters. The predicted molar refractivity (Wildman–Crippen MR) is 158 cm³/mol. The Kier molecular flexibility index (Phi) is 7.95. The molecule has 1 saturated carbocycles. The van der Waals surface area contributed by atoms with Crippen LogP contribution in [0, 0.1) is 17.2 Å². The van der Waals surface area contributed by atoms with Crippen LogP contribution in [0.5, 0.6) is 11.5 Å². The number of rotatable bonds is 10. The second-order valence-electron chi connectivity index (χ2n) is 10.7. The van der Waals surface area contributed by atoms with Crippen molar-refractivity contribution in [1.82, 2.24) is 24.3 Å². The number of hydrogen-bond donors (Lipinski definition) is 0. The number of carbonyl (C=O) groups is 1. The van der Waals surface area contributed by atoms with Gasteiger partial charge in [-0.3, -0.25) is 9.48 Å². The van der Waals surface area contributed by atoms with E-state index in [-0.39, 0.29) is 12.0 Å². The molecule has 5 aromatic rings. The van der Waals surface area contributed by atoms with E-state index in [0.717, 1.165) is 40.8 Å². The smallest absolute Gasteiger partial charge is 0.314 e. The van der Waals surface area contributed by atoms with Crippen LogP contribution in [0.4, 0.5) is 0 Å². The van der Waals surface area contributed by atoms with Gasteiger partial charge in [0.05, 0.1) is 43.5 Å². The summed E-state index contributed by atoms with van der Waals surface area (Å²) in [6, 6.07) is 21.4. The molecule has 3 heterocycles. The van der Waals surface area contributed by atoms with E-state index < -0.39 is 5.92 Å². The second kappa shape index (κ2) is 12.3. The largest absolute Gasteiger partial charge is 0.468 e. The standard InChI is InChI=1S/C33H32N6O3/c1-41-33(40)29(24-10-7-13-27(18-24)42-26-11-3-2-4-12-26)21-38-17-15-28-31(35-22-36-32(28)38)25-19-37-39(20-25)30(14-16-34)23-8-5-6-9-23/h2-4,7,10-13,15,17-20,22-23,29-30H,5-6,8-9,14,21H2,1H3/t29?,30-/m1/s1. The summed E-state index contributed by atoms with van der Waals surface area (Å²) < 4.78 is 15.1. The Bertz CT molecular complexity index is 1710. The van der Waals surface area contributed by atoms with E-state index >= 15 is 0 Å². The summed E-state index contributed by atoms with van der Waals surface area (Å²) >= 11 is 0. The van der Waals surface area contributed by atoms with Gasteiger partial charge in [-0.25, -0.2) is 9.97 Å². The topological polar surface area (TPSA) is 108 Å². The molecule has 42 heavy (non-hydrogen) atoms. The normalized spacial score (nSPS) is 14.9. The van der Waals surface area contributed by atoms with Gasteiger partial charge in [0.1, 0.15) is 23.5 Å². The molecule has 0 bridgehead atoms. The highest BCUT2D eigenvalue weighted by molar-refractivity contribution is 5.90. The van der Waals surface area contributed by atoms with E-state index in [2.05, 4.69) is 21.1 Å². The van der Waals surface area contributed by atoms with Gasteiger partial charge in [-0.15, -0.1) is 0 Å². The van der Waals surface area contributed by atoms with Crippen LogP contribution >= 0.6 is 0 Å². The molecule has 9 nitrogen and oxygen atoms in total. The third kappa shape index (κ3) is 5.61. The van der Waals surface area contributed by atoms with Crippen LogP contribution in [0.15, 0.2) is 85.6 Å². The van der Waals surface area contributed by atoms with Gasteiger partial charge in [0.15, 0.2) is 0 Å². The number of hydrogen-bond acceptors (Lipinski definition) is 7. The van der Waals surface area contributed by atoms with E-state index in [1.807, 2.05) is 88.5 Å². The number of benzene rings is 2. The lowest BCUT2D eigenvalue weighted by Gasteiger charge is -2.21. The summed E-state index contributed by atoms with van der Waals surface area (Å²) in [7, 11) is 1.40. The highest BCUT2D eigenvalue weighted by Gasteiger charge is 2.28. The molecule has 6 rings (SSSR count). The third-order valence-corrected chi connectivity index (χ3v) is 8.12. The zero-order valence-electron chi connectivity index (χ0n) is 23.5. The average Bonchev–Trinajstić information content (AvgIpc) is 3.81. The van der Waals surface area contributed by atoms with Crippen molar-refractivity contribution < 1.29 is 14.3 Å². The fourth-order valence-corrected chi connectivity index (χ4v) is 6.01. The van der Waals surface area contributed by atoms with Gasteiger partial charge < -0.3 is 14.0 Å². The molecule has 0 spiro atoms. The Morgan fingerprint density at radius 2 is 1.88 bits per heavy atom. The summed E-state index contributed by atoms with van der Waals surface area (Å²) in [4.78, 5) is 22.2. The van der Waals surface area contributed by atoms with Crippen LogP contribution in [0.3, 0.4) is 0 Å². The molecule has 3 aromatic heterocycles. The maximum Gasteiger partial charge on any atom is 0.314 e. The highest BCUT2D eigenvalue weighted by atomic mass is 16.5. The Hall–Kier alpha value is -4.97. The predicted octanol–water partition coefficient (Wildman–Crippen LogP) is 6.69. The van der Waals surface area contributed by atoms with Gasteiger partial charge in [-0.05, 0) is 54.7 Å². The molecule has 1 aliphatic carbocycles. The minimum Gasteiger partial charge on any atom is -0.468 e. The number of esters is 1. The summed E-state index contributed by atoms with van der Waals surface area (Å²) in [5, 5.41) is 15.0. The second-order valence-corrected chi connectivity index (χ2v) is 10.7. The maximum atomic E-state index is 13.0. The summed E-state index contributed by atoms with van der Waals surface area (Å²) in [6.07, 6.45) is 12.4. The number of nitriles is 1. The van der Waals surface area contributed by atoms with Crippen LogP contribution in [0.2, 0.25) is 0 Å². The third-order valence-electron chi connectivity index (χ3n) is 8.12. The van der Waals surface area contributed by atoms with Gasteiger partial charge in [0, 0.05) is 29.9 Å². The van der Waals surface area contributed by atoms with Gasteiger partial charge in [-0.1, -0.05) is 43.2 Å². The molecule has 1 fully saturated rings. The zero-order valence-corrected chi connectivity index (χ0v) is 23.5. The van der Waals surface area contributed by atoms with E-state index in [1.165, 1.54) is 26.3 Å². The molecule has 0 N–H and O–H groups in total. The fourth-order valence-electron chi connectivity index (χ4n) is 6.01. The first-order chi connectivity index (χ1) is 20.6. The van der Waals surface area contributed by atoms with Crippen molar-refractivity contribution in [1.29, 1.82) is 5.26 Å². The molecular weight excluding hydrogens is 528 g/mol. The lowest BCUT2D eigenvalue weighted by atomic mass is 9.96. The highest BCUT2D eigenvalue weighted by Crippen LogP contribution is 2.37. The molecule has 2 aromatic carbocycles. The number of nitrogens with zero attached hydrogens (tertiary/aromatic N) is 6. The van der Waals surface area contributed by atoms with Crippen molar-refractivity contribution >= 4 is 17.0 Å². The molecule has 0 aliphatic heterocycles. The van der Waals surface area contributed by atoms with E-state index in [1.54, 1.807) is 0 Å². The van der Waals surface area contributed by atoms with E-state index in [4.69, 9.17) is 9.47 Å². The van der Waals surface area contributed by atoms with Gasteiger partial charge in [0.2, 0.25) is 0 Å². The van der Waals surface area contributed by atoms with Crippen LogP contribution in [0.25, 0.3) is 22.3 Å². The van der Waals surface area contributed by atoms with E-state index in [0.29, 0.717) is 30.3 Å². The summed E-state index contributed by atoms with van der Waals surface area (Å²) in [5.41, 5.74) is 3.13. The molecule has 2 atom stereocenters. The van der Waals surface area contributed by atoms with Crippen molar-refractivity contribution in [3.8, 4) is 28.8 Å².